The molecule has 0 aromatic heterocycles. The zero-order valence-corrected chi connectivity index (χ0v) is 12.5. The third kappa shape index (κ3) is 7.44. The number of carbonyl (C=O) groups excluding carboxylic acids is 2. The summed E-state index contributed by atoms with van der Waals surface area (Å²) in [4.78, 5) is 22.9. The molecule has 0 rings (SSSR count). The van der Waals surface area contributed by atoms with Crippen molar-refractivity contribution >= 4 is 11.9 Å². The summed E-state index contributed by atoms with van der Waals surface area (Å²) in [5.41, 5.74) is 1.27. The molecule has 108 valence electrons. The smallest absolute Gasteiger partial charge is 0.344 e. The molecule has 1 atom stereocenters. The summed E-state index contributed by atoms with van der Waals surface area (Å²) in [7, 11) is 2.49. The third-order valence-corrected chi connectivity index (χ3v) is 2.75. The van der Waals surface area contributed by atoms with Gasteiger partial charge in [-0.25, -0.2) is 9.59 Å². The van der Waals surface area contributed by atoms with Crippen LogP contribution in [0.2, 0.25) is 0 Å². The van der Waals surface area contributed by atoms with E-state index in [-0.39, 0.29) is 5.57 Å². The molecule has 0 N–H and O–H groups in total. The van der Waals surface area contributed by atoms with Gasteiger partial charge in [0.25, 0.3) is 0 Å². The minimum Gasteiger partial charge on any atom is -0.465 e. The standard InChI is InChI=1S/C15H24O4/c1-11(2)7-6-8-12(3)9-10-13(14(16)18-4)15(17)19-5/h7,10,12H,6,8-9H2,1-5H3/t12-/m1/s1. The van der Waals surface area contributed by atoms with E-state index in [9.17, 15) is 9.59 Å². The Morgan fingerprint density at radius 2 is 1.58 bits per heavy atom. The summed E-state index contributed by atoms with van der Waals surface area (Å²) >= 11 is 0. The van der Waals surface area contributed by atoms with Gasteiger partial charge in [-0.2, -0.15) is 0 Å². The van der Waals surface area contributed by atoms with Crippen molar-refractivity contribution in [2.24, 2.45) is 5.92 Å². The van der Waals surface area contributed by atoms with E-state index < -0.39 is 11.9 Å². The Hall–Kier alpha value is -1.58. The molecule has 0 aliphatic heterocycles. The Balaban J connectivity index is 4.49. The van der Waals surface area contributed by atoms with Crippen molar-refractivity contribution in [3.63, 3.8) is 0 Å². The minimum absolute atomic E-state index is 0.0286. The molecule has 0 bridgehead atoms. The van der Waals surface area contributed by atoms with Gasteiger partial charge in [-0.3, -0.25) is 0 Å². The molecule has 0 heterocycles. The van der Waals surface area contributed by atoms with E-state index in [2.05, 4.69) is 36.3 Å². The average Bonchev–Trinajstić information content (AvgIpc) is 2.37. The normalized spacial score (nSPS) is 11.2. The molecule has 0 aliphatic carbocycles. The van der Waals surface area contributed by atoms with Crippen LogP contribution in [0.25, 0.3) is 0 Å². The minimum atomic E-state index is -0.650. The second-order valence-electron chi connectivity index (χ2n) is 4.80. The van der Waals surface area contributed by atoms with E-state index in [0.717, 1.165) is 12.8 Å². The number of rotatable bonds is 7. The van der Waals surface area contributed by atoms with Gasteiger partial charge in [-0.15, -0.1) is 0 Å². The molecular formula is C15H24O4. The van der Waals surface area contributed by atoms with Crippen LogP contribution in [0, 0.1) is 5.92 Å². The van der Waals surface area contributed by atoms with Gasteiger partial charge in [0, 0.05) is 0 Å². The second-order valence-corrected chi connectivity index (χ2v) is 4.80. The molecule has 0 saturated heterocycles. The van der Waals surface area contributed by atoms with Crippen LogP contribution in [-0.2, 0) is 19.1 Å². The van der Waals surface area contributed by atoms with Crippen molar-refractivity contribution in [3.8, 4) is 0 Å². The van der Waals surface area contributed by atoms with Crippen molar-refractivity contribution in [2.45, 2.75) is 40.0 Å². The summed E-state index contributed by atoms with van der Waals surface area (Å²) in [6.07, 6.45) is 6.45. The van der Waals surface area contributed by atoms with Gasteiger partial charge in [0.15, 0.2) is 0 Å². The summed E-state index contributed by atoms with van der Waals surface area (Å²) < 4.78 is 9.13. The molecule has 0 aromatic rings. The summed E-state index contributed by atoms with van der Waals surface area (Å²) in [5.74, 6) is -0.911. The highest BCUT2D eigenvalue weighted by Gasteiger charge is 2.19. The van der Waals surface area contributed by atoms with Gasteiger partial charge in [0.2, 0.25) is 0 Å². The molecule has 0 aliphatic rings. The SMILES string of the molecule is COC(=O)C(=CC[C@H](C)CCC=C(C)C)C(=O)OC. The van der Waals surface area contributed by atoms with E-state index in [1.54, 1.807) is 6.08 Å². The Kier molecular flexibility index (Phi) is 8.58. The number of hydrogen-bond donors (Lipinski definition) is 0. The number of methoxy groups -OCH3 is 2. The average molecular weight is 268 g/mol. The van der Waals surface area contributed by atoms with Crippen molar-refractivity contribution in [2.75, 3.05) is 14.2 Å². The first-order valence-electron chi connectivity index (χ1n) is 6.42. The molecular weight excluding hydrogens is 244 g/mol. The maximum atomic E-state index is 11.4. The predicted octanol–water partition coefficient (Wildman–Crippen LogP) is 3.03. The zero-order chi connectivity index (χ0) is 14.8. The highest BCUT2D eigenvalue weighted by atomic mass is 16.5. The zero-order valence-electron chi connectivity index (χ0n) is 12.5. The molecule has 0 aromatic carbocycles. The highest BCUT2D eigenvalue weighted by Crippen LogP contribution is 2.14. The second kappa shape index (κ2) is 9.36. The largest absolute Gasteiger partial charge is 0.465 e. The monoisotopic (exact) mass is 268 g/mol. The number of esters is 2. The van der Waals surface area contributed by atoms with Gasteiger partial charge in [0.1, 0.15) is 5.57 Å². The number of carbonyl (C=O) groups is 2. The Labute approximate surface area is 115 Å². The molecule has 0 amide bonds. The number of allylic oxidation sites excluding steroid dienone is 3. The predicted molar refractivity (Wildman–Crippen MR) is 74.6 cm³/mol. The quantitative estimate of drug-likeness (QED) is 0.234. The van der Waals surface area contributed by atoms with Gasteiger partial charge in [-0.05, 0) is 39.0 Å². The third-order valence-electron chi connectivity index (χ3n) is 2.75. The fourth-order valence-electron chi connectivity index (χ4n) is 1.56. The van der Waals surface area contributed by atoms with Crippen LogP contribution in [-0.4, -0.2) is 26.2 Å². The lowest BCUT2D eigenvalue weighted by Gasteiger charge is -2.08. The Morgan fingerprint density at radius 3 is 2.00 bits per heavy atom. The van der Waals surface area contributed by atoms with E-state index in [0.29, 0.717) is 12.3 Å². The van der Waals surface area contributed by atoms with E-state index in [1.807, 2.05) is 0 Å². The van der Waals surface area contributed by atoms with E-state index >= 15 is 0 Å². The van der Waals surface area contributed by atoms with E-state index in [4.69, 9.17) is 0 Å². The van der Waals surface area contributed by atoms with Crippen LogP contribution in [0.4, 0.5) is 0 Å². The van der Waals surface area contributed by atoms with Crippen molar-refractivity contribution in [3.05, 3.63) is 23.3 Å². The summed E-state index contributed by atoms with van der Waals surface area (Å²) in [6, 6.07) is 0. The molecule has 0 saturated carbocycles. The van der Waals surface area contributed by atoms with E-state index in [1.165, 1.54) is 19.8 Å². The Morgan fingerprint density at radius 1 is 1.05 bits per heavy atom. The van der Waals surface area contributed by atoms with Crippen molar-refractivity contribution < 1.29 is 19.1 Å². The fraction of sp³-hybridized carbons (Fsp3) is 0.600. The van der Waals surface area contributed by atoms with Crippen molar-refractivity contribution in [1.29, 1.82) is 0 Å². The van der Waals surface area contributed by atoms with Crippen LogP contribution in [0.5, 0.6) is 0 Å². The molecule has 0 radical (unpaired) electrons. The first-order chi connectivity index (χ1) is 8.92. The molecule has 4 nitrogen and oxygen atoms in total. The van der Waals surface area contributed by atoms with Gasteiger partial charge in [-0.1, -0.05) is 24.6 Å². The first kappa shape index (κ1) is 17.4. The lowest BCUT2D eigenvalue weighted by molar-refractivity contribution is -0.144. The maximum Gasteiger partial charge on any atom is 0.344 e. The summed E-state index contributed by atoms with van der Waals surface area (Å²) in [5, 5.41) is 0. The van der Waals surface area contributed by atoms with Crippen LogP contribution in [0.15, 0.2) is 23.3 Å². The van der Waals surface area contributed by atoms with Gasteiger partial charge in [0.05, 0.1) is 14.2 Å². The fourth-order valence-corrected chi connectivity index (χ4v) is 1.56. The first-order valence-corrected chi connectivity index (χ1v) is 6.42. The topological polar surface area (TPSA) is 52.6 Å². The van der Waals surface area contributed by atoms with Gasteiger partial charge < -0.3 is 9.47 Å². The lowest BCUT2D eigenvalue weighted by atomic mass is 9.99. The molecule has 0 unspecified atom stereocenters. The molecule has 19 heavy (non-hydrogen) atoms. The van der Waals surface area contributed by atoms with Gasteiger partial charge >= 0.3 is 11.9 Å². The van der Waals surface area contributed by atoms with Crippen LogP contribution < -0.4 is 0 Å². The van der Waals surface area contributed by atoms with Crippen LogP contribution in [0.1, 0.15) is 40.0 Å². The lowest BCUT2D eigenvalue weighted by Crippen LogP contribution is -2.16. The molecule has 0 fully saturated rings. The van der Waals surface area contributed by atoms with Crippen molar-refractivity contribution in [1.82, 2.24) is 0 Å². The number of ether oxygens (including phenoxy) is 2. The highest BCUT2D eigenvalue weighted by molar-refractivity contribution is 6.13. The Bertz CT molecular complexity index is 344. The van der Waals surface area contributed by atoms with Crippen LogP contribution >= 0.6 is 0 Å². The molecule has 0 spiro atoms. The number of hydrogen-bond acceptors (Lipinski definition) is 4. The maximum absolute atomic E-state index is 11.4. The molecule has 4 heteroatoms. The summed E-state index contributed by atoms with van der Waals surface area (Å²) in [6.45, 7) is 6.22. The van der Waals surface area contributed by atoms with Crippen LogP contribution in [0.3, 0.4) is 0 Å².